The van der Waals surface area contributed by atoms with Crippen LogP contribution in [0.4, 0.5) is 11.5 Å². The number of nitro groups is 1. The predicted octanol–water partition coefficient (Wildman–Crippen LogP) is 2.80. The minimum Gasteiger partial charge on any atom is -0.353 e. The van der Waals surface area contributed by atoms with E-state index in [1.54, 1.807) is 0 Å². The third-order valence-corrected chi connectivity index (χ3v) is 2.98. The van der Waals surface area contributed by atoms with E-state index in [0.29, 0.717) is 22.5 Å². The number of hydrogen-bond acceptors (Lipinski definition) is 5. The van der Waals surface area contributed by atoms with Gasteiger partial charge in [0.25, 0.3) is 0 Å². The van der Waals surface area contributed by atoms with Gasteiger partial charge in [-0.1, -0.05) is 43.4 Å². The van der Waals surface area contributed by atoms with E-state index in [0.717, 1.165) is 0 Å². The quantitative estimate of drug-likeness (QED) is 0.356. The van der Waals surface area contributed by atoms with Gasteiger partial charge in [-0.3, -0.25) is 10.1 Å². The van der Waals surface area contributed by atoms with Crippen LogP contribution in [0, 0.1) is 15.5 Å². The van der Waals surface area contributed by atoms with Gasteiger partial charge >= 0.3 is 5.69 Å². The van der Waals surface area contributed by atoms with Crippen molar-refractivity contribution >= 4 is 34.1 Å². The molecule has 0 amide bonds. The van der Waals surface area contributed by atoms with Crippen molar-refractivity contribution < 1.29 is 4.92 Å². The van der Waals surface area contributed by atoms with Gasteiger partial charge in [-0.05, 0) is 5.41 Å². The summed E-state index contributed by atoms with van der Waals surface area (Å²) in [6.07, 6.45) is 1.38. The van der Waals surface area contributed by atoms with Crippen LogP contribution in [0.15, 0.2) is 6.33 Å². The topological polar surface area (TPSA) is 72.2 Å². The van der Waals surface area contributed by atoms with Crippen molar-refractivity contribution in [1.82, 2.24) is 9.97 Å². The van der Waals surface area contributed by atoms with Crippen LogP contribution in [0.25, 0.3) is 0 Å². The molecule has 0 aromatic carbocycles. The second-order valence-electron chi connectivity index (χ2n) is 5.30. The minimum atomic E-state index is -0.400. The summed E-state index contributed by atoms with van der Waals surface area (Å²) in [4.78, 5) is 20.6. The van der Waals surface area contributed by atoms with Crippen molar-refractivity contribution in [2.45, 2.75) is 25.2 Å². The van der Waals surface area contributed by atoms with Gasteiger partial charge in [-0.2, -0.15) is 0 Å². The Bertz CT molecular complexity index is 445. The normalized spacial score (nSPS) is 11.4. The van der Waals surface area contributed by atoms with Crippen LogP contribution in [0.1, 0.15) is 26.5 Å². The summed E-state index contributed by atoms with van der Waals surface area (Å²) in [5.41, 5.74) is 0.517. The van der Waals surface area contributed by atoms with Gasteiger partial charge in [0, 0.05) is 18.0 Å². The van der Waals surface area contributed by atoms with Crippen LogP contribution >= 0.6 is 22.6 Å². The molecule has 0 bridgehead atoms. The predicted molar refractivity (Wildman–Crippen MR) is 79.1 cm³/mol. The molecule has 0 aliphatic carbocycles. The number of halogens is 1. The molecule has 0 unspecified atom stereocenters. The first-order valence-corrected chi connectivity index (χ1v) is 7.04. The number of hydrogen-bond donors (Lipinski definition) is 0. The average Bonchev–Trinajstić information content (AvgIpc) is 2.25. The summed E-state index contributed by atoms with van der Waals surface area (Å²) in [5.74, 6) is 0.386. The highest BCUT2D eigenvalue weighted by molar-refractivity contribution is 14.1. The Hall–Kier alpha value is -0.990. The Labute approximate surface area is 120 Å². The highest BCUT2D eigenvalue weighted by Crippen LogP contribution is 2.30. The molecule has 0 aliphatic heterocycles. The first-order valence-electron chi connectivity index (χ1n) is 5.51. The van der Waals surface area contributed by atoms with Crippen molar-refractivity contribution in [3.8, 4) is 0 Å². The van der Waals surface area contributed by atoms with Gasteiger partial charge < -0.3 is 4.90 Å². The van der Waals surface area contributed by atoms with E-state index < -0.39 is 4.92 Å². The molecular formula is C11H17IN4O2. The Morgan fingerprint density at radius 2 is 2.06 bits per heavy atom. The highest BCUT2D eigenvalue weighted by atomic mass is 127. The fourth-order valence-electron chi connectivity index (χ4n) is 1.76. The number of nitrogens with zero attached hydrogens (tertiary/aromatic N) is 4. The Morgan fingerprint density at radius 1 is 1.44 bits per heavy atom. The lowest BCUT2D eigenvalue weighted by molar-refractivity contribution is -0.385. The van der Waals surface area contributed by atoms with Gasteiger partial charge in [0.15, 0.2) is 0 Å². The van der Waals surface area contributed by atoms with Gasteiger partial charge in [-0.25, -0.2) is 9.97 Å². The summed E-state index contributed by atoms with van der Waals surface area (Å²) >= 11 is 2.07. The second kappa shape index (κ2) is 5.77. The lowest BCUT2D eigenvalue weighted by atomic mass is 9.96. The molecule has 0 aliphatic rings. The molecule has 0 radical (unpaired) electrons. The van der Waals surface area contributed by atoms with Crippen LogP contribution in [-0.4, -0.2) is 28.5 Å². The molecule has 0 saturated carbocycles. The van der Waals surface area contributed by atoms with Crippen LogP contribution in [0.2, 0.25) is 0 Å². The highest BCUT2D eigenvalue weighted by Gasteiger charge is 2.26. The fraction of sp³-hybridized carbons (Fsp3) is 0.636. The zero-order chi connectivity index (χ0) is 13.9. The molecule has 1 heterocycles. The number of anilines is 1. The molecule has 1 aromatic rings. The van der Waals surface area contributed by atoms with Gasteiger partial charge in [0.2, 0.25) is 5.82 Å². The monoisotopic (exact) mass is 364 g/mol. The van der Waals surface area contributed by atoms with E-state index in [-0.39, 0.29) is 11.1 Å². The Morgan fingerprint density at radius 3 is 2.50 bits per heavy atom. The van der Waals surface area contributed by atoms with Gasteiger partial charge in [-0.15, -0.1) is 0 Å². The van der Waals surface area contributed by atoms with Crippen LogP contribution in [0.3, 0.4) is 0 Å². The Balaban J connectivity index is 3.19. The van der Waals surface area contributed by atoms with Crippen LogP contribution in [-0.2, 0) is 4.43 Å². The number of rotatable bonds is 4. The summed E-state index contributed by atoms with van der Waals surface area (Å²) in [6, 6.07) is 0. The second-order valence-corrected chi connectivity index (χ2v) is 6.06. The first-order chi connectivity index (χ1) is 8.26. The summed E-state index contributed by atoms with van der Waals surface area (Å²) in [5, 5.41) is 11.2. The van der Waals surface area contributed by atoms with E-state index >= 15 is 0 Å². The van der Waals surface area contributed by atoms with Crippen LogP contribution in [0.5, 0.6) is 0 Å². The minimum absolute atomic E-state index is 0.0126. The maximum atomic E-state index is 11.2. The standard InChI is InChI=1S/C11H17IN4O2/c1-11(2,3)6-15(4)10-9(16(17)18)8(5-12)13-7-14-10/h7H,5-6H2,1-4H3. The molecule has 1 rings (SSSR count). The molecule has 1 aromatic heterocycles. The SMILES string of the molecule is CN(CC(C)(C)C)c1ncnc(CI)c1[N+](=O)[O-]. The van der Waals surface area contributed by atoms with Crippen molar-refractivity contribution in [3.05, 3.63) is 22.1 Å². The van der Waals surface area contributed by atoms with Crippen molar-refractivity contribution in [3.63, 3.8) is 0 Å². The van der Waals surface area contributed by atoms with Crippen LogP contribution < -0.4 is 4.90 Å². The summed E-state index contributed by atoms with van der Waals surface area (Å²) in [7, 11) is 1.82. The largest absolute Gasteiger partial charge is 0.353 e. The fourth-order valence-corrected chi connectivity index (χ4v) is 2.31. The Kier molecular flexibility index (Phi) is 4.83. The smallest absolute Gasteiger partial charge is 0.333 e. The average molecular weight is 364 g/mol. The lowest BCUT2D eigenvalue weighted by Gasteiger charge is -2.27. The zero-order valence-corrected chi connectivity index (χ0v) is 13.1. The molecule has 7 heteroatoms. The number of alkyl halides is 1. The molecule has 0 spiro atoms. The van der Waals surface area contributed by atoms with E-state index in [4.69, 9.17) is 0 Å². The molecule has 18 heavy (non-hydrogen) atoms. The summed E-state index contributed by atoms with van der Waals surface area (Å²) in [6.45, 7) is 6.92. The lowest BCUT2D eigenvalue weighted by Crippen LogP contribution is -2.30. The van der Waals surface area contributed by atoms with E-state index in [2.05, 4.69) is 53.3 Å². The van der Waals surface area contributed by atoms with Crippen molar-refractivity contribution in [1.29, 1.82) is 0 Å². The summed E-state index contributed by atoms with van der Waals surface area (Å²) < 4.78 is 0.493. The maximum Gasteiger partial charge on any atom is 0.333 e. The van der Waals surface area contributed by atoms with E-state index in [1.807, 2.05) is 11.9 Å². The maximum absolute atomic E-state index is 11.2. The van der Waals surface area contributed by atoms with Gasteiger partial charge in [0.1, 0.15) is 12.0 Å². The molecule has 100 valence electrons. The number of aromatic nitrogens is 2. The third kappa shape index (κ3) is 3.76. The zero-order valence-electron chi connectivity index (χ0n) is 11.0. The first kappa shape index (κ1) is 15.1. The molecule has 0 saturated heterocycles. The van der Waals surface area contributed by atoms with E-state index in [1.165, 1.54) is 6.33 Å². The molecular weight excluding hydrogens is 347 g/mol. The van der Waals surface area contributed by atoms with E-state index in [9.17, 15) is 10.1 Å². The van der Waals surface area contributed by atoms with Crippen molar-refractivity contribution in [2.75, 3.05) is 18.5 Å². The van der Waals surface area contributed by atoms with Gasteiger partial charge in [0.05, 0.1) is 4.92 Å². The van der Waals surface area contributed by atoms with Crippen molar-refractivity contribution in [2.24, 2.45) is 5.41 Å². The molecule has 0 atom stereocenters. The molecule has 0 N–H and O–H groups in total. The molecule has 0 fully saturated rings. The molecule has 6 nitrogen and oxygen atoms in total. The third-order valence-electron chi connectivity index (χ3n) is 2.26.